The van der Waals surface area contributed by atoms with E-state index in [1.807, 2.05) is 0 Å². The second kappa shape index (κ2) is 16.8. The topological polar surface area (TPSA) is 120 Å². The molecule has 4 amide bonds. The Kier molecular flexibility index (Phi) is 6.61. The van der Waals surface area contributed by atoms with E-state index in [0.29, 0.717) is 16.0 Å². The molecule has 1 saturated heterocycles. The highest BCUT2D eigenvalue weighted by Gasteiger charge is 2.35. The Morgan fingerprint density at radius 3 is 2.28 bits per heavy atom. The number of carbonyl (C=O) groups is 3. The maximum absolute atomic E-state index is 14.2. The largest absolute Gasteiger partial charge is 0.483 e. The third-order valence-electron chi connectivity index (χ3n) is 7.16. The molecule has 3 aromatic rings. The van der Waals surface area contributed by atoms with E-state index in [9.17, 15) is 19.5 Å². The highest BCUT2D eigenvalue weighted by Crippen LogP contribution is 2.22. The summed E-state index contributed by atoms with van der Waals surface area (Å²) in [7, 11) is 0. The number of rotatable bonds is 15. The number of aliphatic hydroxyl groups excluding tert-OH is 1. The first-order chi connectivity index (χ1) is 28.8. The molecular formula is C37H48N4O5. The number of benzene rings is 3. The van der Waals surface area contributed by atoms with Crippen LogP contribution >= 0.6 is 0 Å². The Balaban J connectivity index is 1.74. The molecule has 1 aliphatic heterocycles. The fourth-order valence-electron chi connectivity index (χ4n) is 4.98. The van der Waals surface area contributed by atoms with Crippen molar-refractivity contribution in [3.63, 3.8) is 0 Å². The van der Waals surface area contributed by atoms with Gasteiger partial charge >= 0.3 is 6.03 Å². The third-order valence-corrected chi connectivity index (χ3v) is 7.16. The monoisotopic (exact) mass is 645 g/mol. The van der Waals surface area contributed by atoms with Crippen LogP contribution in [0.2, 0.25) is 0 Å². The summed E-state index contributed by atoms with van der Waals surface area (Å²) in [6.07, 6.45) is -5.73. The van der Waals surface area contributed by atoms with Crippen molar-refractivity contribution >= 4 is 17.8 Å². The van der Waals surface area contributed by atoms with Gasteiger partial charge in [-0.3, -0.25) is 9.59 Å². The van der Waals surface area contributed by atoms with Gasteiger partial charge in [0, 0.05) is 35.5 Å². The molecular weight excluding hydrogens is 580 g/mol. The van der Waals surface area contributed by atoms with Crippen LogP contribution in [0.15, 0.2) is 78.8 Å². The summed E-state index contributed by atoms with van der Waals surface area (Å²) in [5, 5.41) is 18.7. The van der Waals surface area contributed by atoms with Gasteiger partial charge in [-0.15, -0.1) is 0 Å². The summed E-state index contributed by atoms with van der Waals surface area (Å²) in [5.74, 6) is -4.91. The standard InChI is InChI=1S/C37H48N4O5/c1-25(2)34(41-20-12-19-38-37(41)45)36(44)39-30(21-28-15-7-5-8-16-28)23-32(42)31(22-29-17-9-6-10-18-29)40-33(43)24-46-35-26(3)13-11-14-27(35)4/h5-11,13-18,25,30-32,34,42H,12,19-24H2,1-4H3,(H,38,45)(H,39,44)(H,40,43)/t30-,31-,32-,34-/m0/s1/i3D3,4D3,11D,12D2,13D,14D,19D2,20D2,24D2. The second-order valence-corrected chi connectivity index (χ2v) is 11.0. The molecule has 0 aromatic heterocycles. The van der Waals surface area contributed by atoms with Crippen LogP contribution in [0.4, 0.5) is 4.79 Å². The predicted octanol–water partition coefficient (Wildman–Crippen LogP) is 4.33. The van der Waals surface area contributed by atoms with Gasteiger partial charge in [0.2, 0.25) is 5.91 Å². The number of urea groups is 1. The lowest BCUT2D eigenvalue weighted by Crippen LogP contribution is -2.59. The Hall–Kier alpha value is -4.37. The number of aliphatic hydroxyl groups is 1. The number of amides is 4. The molecule has 1 fully saturated rings. The minimum atomic E-state index is -3.66. The number of ether oxygens (including phenoxy) is 1. The lowest BCUT2D eigenvalue weighted by molar-refractivity contribution is -0.128. The lowest BCUT2D eigenvalue weighted by Gasteiger charge is -2.37. The summed E-state index contributed by atoms with van der Waals surface area (Å²) in [4.78, 5) is 41.7. The van der Waals surface area contributed by atoms with Gasteiger partial charge in [-0.25, -0.2) is 4.79 Å². The number of nitrogens with one attached hydrogen (secondary N) is 3. The van der Waals surface area contributed by atoms with E-state index in [1.165, 1.54) is 13.8 Å². The minimum absolute atomic E-state index is 0.0282. The first-order valence-corrected chi connectivity index (χ1v) is 14.6. The van der Waals surface area contributed by atoms with E-state index in [0.717, 1.165) is 0 Å². The van der Waals surface area contributed by atoms with Gasteiger partial charge in [-0.1, -0.05) is 92.6 Å². The normalized spacial score (nSPS) is 25.3. The minimum Gasteiger partial charge on any atom is -0.483 e. The molecule has 0 unspecified atom stereocenters. The van der Waals surface area contributed by atoms with Gasteiger partial charge in [0.05, 0.1) is 19.0 Å². The Morgan fingerprint density at radius 2 is 1.67 bits per heavy atom. The van der Waals surface area contributed by atoms with Gasteiger partial charge < -0.3 is 30.7 Å². The van der Waals surface area contributed by atoms with Crippen molar-refractivity contribution in [1.82, 2.24) is 20.9 Å². The highest BCUT2D eigenvalue weighted by molar-refractivity contribution is 5.87. The average Bonchev–Trinajstić information content (AvgIpc) is 3.14. The smallest absolute Gasteiger partial charge is 0.318 e. The zero-order valence-corrected chi connectivity index (χ0v) is 25.3. The van der Waals surface area contributed by atoms with Gasteiger partial charge in [-0.05, 0) is 67.5 Å². The van der Waals surface area contributed by atoms with Crippen molar-refractivity contribution in [1.29, 1.82) is 0 Å². The first-order valence-electron chi connectivity index (χ1n) is 23.1. The number of hydrogen-bond acceptors (Lipinski definition) is 5. The molecule has 0 bridgehead atoms. The van der Waals surface area contributed by atoms with Crippen LogP contribution in [-0.4, -0.2) is 71.6 Å². The maximum atomic E-state index is 14.2. The number of carbonyl (C=O) groups excluding carboxylic acids is 3. The van der Waals surface area contributed by atoms with E-state index < -0.39 is 129 Å². The molecule has 1 heterocycles. The summed E-state index contributed by atoms with van der Waals surface area (Å²) in [6.45, 7) is -14.1. The van der Waals surface area contributed by atoms with Crippen molar-refractivity contribution in [2.75, 3.05) is 19.6 Å². The number of nitrogens with zero attached hydrogens (tertiary/aromatic N) is 1. The zero-order valence-electron chi connectivity index (χ0n) is 42.3. The first kappa shape index (κ1) is 18.1. The molecule has 4 rings (SSSR count). The molecule has 0 spiro atoms. The molecule has 0 saturated carbocycles. The molecule has 3 aromatic carbocycles. The Bertz CT molecular complexity index is 2100. The van der Waals surface area contributed by atoms with E-state index in [-0.39, 0.29) is 12.8 Å². The summed E-state index contributed by atoms with van der Waals surface area (Å²) in [5.41, 5.74) is -1.35. The molecule has 4 N–H and O–H groups in total. The SMILES string of the molecule is [2H]c1c([2H])c(C([2H])([2H])[2H])c(OC([2H])([2H])C(=O)N[C@@H](Cc2ccccc2)[C@@H](O)C[C@H](Cc2ccccc2)NC(=O)[C@H](C(C)C)N2C(=O)NC([2H])([2H])C([2H])([2H])C2([2H])[2H])c(C([2H])([2H])[2H])c1[2H]. The van der Waals surface area contributed by atoms with Crippen molar-refractivity contribution in [2.24, 2.45) is 5.92 Å². The van der Waals surface area contributed by atoms with Gasteiger partial charge in [-0.2, -0.15) is 0 Å². The van der Waals surface area contributed by atoms with Crippen LogP contribution in [0.25, 0.3) is 0 Å². The van der Waals surface area contributed by atoms with E-state index in [1.54, 1.807) is 66.0 Å². The molecule has 1 aliphatic rings. The van der Waals surface area contributed by atoms with E-state index in [2.05, 4.69) is 10.6 Å². The van der Waals surface area contributed by atoms with Crippen LogP contribution in [0.3, 0.4) is 0 Å². The van der Waals surface area contributed by atoms with Crippen LogP contribution < -0.4 is 20.7 Å². The average molecular weight is 646 g/mol. The van der Waals surface area contributed by atoms with Crippen LogP contribution in [-0.2, 0) is 22.4 Å². The van der Waals surface area contributed by atoms with Crippen LogP contribution in [0.5, 0.6) is 5.75 Å². The molecule has 0 aliphatic carbocycles. The highest BCUT2D eigenvalue weighted by atomic mass is 16.5. The number of para-hydroxylation sites is 1. The van der Waals surface area contributed by atoms with Gasteiger partial charge in [0.25, 0.3) is 5.91 Å². The summed E-state index contributed by atoms with van der Waals surface area (Å²) < 4.78 is 144. The molecule has 246 valence electrons. The fraction of sp³-hybridized carbons (Fsp3) is 0.432. The molecule has 0 radical (unpaired) electrons. The zero-order chi connectivity index (χ0) is 47.8. The quantitative estimate of drug-likeness (QED) is 0.196. The molecule has 9 heteroatoms. The third kappa shape index (κ3) is 9.81. The summed E-state index contributed by atoms with van der Waals surface area (Å²) >= 11 is 0. The Morgan fingerprint density at radius 1 is 1.04 bits per heavy atom. The van der Waals surface area contributed by atoms with Crippen molar-refractivity contribution in [3.05, 3.63) is 101 Å². The fourth-order valence-corrected chi connectivity index (χ4v) is 4.98. The van der Waals surface area contributed by atoms with Gasteiger partial charge in [0.15, 0.2) is 6.56 Å². The van der Waals surface area contributed by atoms with Crippen molar-refractivity contribution in [2.45, 2.75) is 77.4 Å². The van der Waals surface area contributed by atoms with Gasteiger partial charge in [0.1, 0.15) is 11.8 Å². The van der Waals surface area contributed by atoms with E-state index >= 15 is 0 Å². The second-order valence-electron chi connectivity index (χ2n) is 11.0. The molecule has 9 nitrogen and oxygen atoms in total. The van der Waals surface area contributed by atoms with Crippen LogP contribution in [0.1, 0.15) is 72.2 Å². The van der Waals surface area contributed by atoms with E-state index in [4.69, 9.17) is 28.0 Å². The molecule has 46 heavy (non-hydrogen) atoms. The predicted molar refractivity (Wildman–Crippen MR) is 180 cm³/mol. The number of hydrogen-bond donors (Lipinski definition) is 4. The van der Waals surface area contributed by atoms with Crippen LogP contribution in [0, 0.1) is 19.6 Å². The Labute approximate surface area is 296 Å². The summed E-state index contributed by atoms with van der Waals surface area (Å²) in [6, 6.07) is 7.53. The van der Waals surface area contributed by atoms with Crippen molar-refractivity contribution < 1.29 is 47.5 Å². The maximum Gasteiger partial charge on any atom is 0.318 e. The van der Waals surface area contributed by atoms with Crippen molar-refractivity contribution in [3.8, 4) is 5.75 Å². The lowest BCUT2D eigenvalue weighted by atomic mass is 9.92. The molecule has 4 atom stereocenters.